The summed E-state index contributed by atoms with van der Waals surface area (Å²) in [5, 5.41) is 8.99. The number of rotatable bonds is 6. The molecular weight excluding hydrogens is 134 g/mol. The zero-order chi connectivity index (χ0) is 7.82. The van der Waals surface area contributed by atoms with Crippen LogP contribution in [0.2, 0.25) is 0 Å². The van der Waals surface area contributed by atoms with E-state index >= 15 is 0 Å². The lowest BCUT2D eigenvalue weighted by atomic mass is 10.4. The van der Waals surface area contributed by atoms with Gasteiger partial charge < -0.3 is 9.84 Å². The Morgan fingerprint density at radius 2 is 2.20 bits per heavy atom. The first-order chi connectivity index (χ1) is 4.81. The number of nitrogens with one attached hydrogen (secondary N) is 1. The minimum atomic E-state index is -0.538. The molecule has 2 N–H and O–H groups in total. The molecule has 0 aromatic rings. The Labute approximate surface area is 61.1 Å². The van der Waals surface area contributed by atoms with Gasteiger partial charge in [0.15, 0.2) is 0 Å². The van der Waals surface area contributed by atoms with E-state index in [1.54, 1.807) is 0 Å². The SMILES string of the molecule is CCNOCC(O)COC. The van der Waals surface area contributed by atoms with Gasteiger partial charge in [-0.25, -0.2) is 5.48 Å². The standard InChI is InChI=1S/C6H15NO3/c1-3-7-10-5-6(8)4-9-2/h6-8H,3-5H2,1-2H3. The highest BCUT2D eigenvalue weighted by Crippen LogP contribution is 1.82. The molecule has 0 amide bonds. The molecule has 0 radical (unpaired) electrons. The van der Waals surface area contributed by atoms with Crippen LogP contribution in [0, 0.1) is 0 Å². The highest BCUT2D eigenvalue weighted by molar-refractivity contribution is 4.48. The van der Waals surface area contributed by atoms with Crippen LogP contribution in [-0.4, -0.2) is 38.1 Å². The zero-order valence-electron chi connectivity index (χ0n) is 6.46. The molecule has 0 spiro atoms. The van der Waals surface area contributed by atoms with Crippen LogP contribution in [0.4, 0.5) is 0 Å². The van der Waals surface area contributed by atoms with E-state index in [9.17, 15) is 0 Å². The molecule has 0 saturated carbocycles. The average Bonchev–Trinajstić information content (AvgIpc) is 1.89. The van der Waals surface area contributed by atoms with Crippen LogP contribution in [-0.2, 0) is 9.57 Å². The van der Waals surface area contributed by atoms with E-state index in [4.69, 9.17) is 9.94 Å². The van der Waals surface area contributed by atoms with Crippen LogP contribution < -0.4 is 5.48 Å². The van der Waals surface area contributed by atoms with Crippen molar-refractivity contribution in [2.75, 3.05) is 26.9 Å². The number of hydrogen-bond acceptors (Lipinski definition) is 4. The van der Waals surface area contributed by atoms with Crippen LogP contribution >= 0.6 is 0 Å². The van der Waals surface area contributed by atoms with Crippen LogP contribution in [0.15, 0.2) is 0 Å². The monoisotopic (exact) mass is 149 g/mol. The molecule has 0 bridgehead atoms. The van der Waals surface area contributed by atoms with Crippen LogP contribution in [0.3, 0.4) is 0 Å². The maximum Gasteiger partial charge on any atom is 0.103 e. The minimum Gasteiger partial charge on any atom is -0.388 e. The summed E-state index contributed by atoms with van der Waals surface area (Å²) < 4.78 is 4.68. The normalized spacial score (nSPS) is 13.5. The van der Waals surface area contributed by atoms with E-state index in [-0.39, 0.29) is 6.61 Å². The Morgan fingerprint density at radius 1 is 1.50 bits per heavy atom. The largest absolute Gasteiger partial charge is 0.388 e. The van der Waals surface area contributed by atoms with Crippen molar-refractivity contribution in [1.82, 2.24) is 5.48 Å². The first-order valence-electron chi connectivity index (χ1n) is 3.33. The lowest BCUT2D eigenvalue weighted by Gasteiger charge is -2.08. The molecule has 0 rings (SSSR count). The van der Waals surface area contributed by atoms with Gasteiger partial charge in [0.05, 0.1) is 13.2 Å². The molecule has 0 saturated heterocycles. The molecule has 0 aromatic heterocycles. The fourth-order valence-electron chi connectivity index (χ4n) is 0.498. The predicted octanol–water partition coefficient (Wildman–Crippen LogP) is -0.465. The van der Waals surface area contributed by atoms with E-state index in [2.05, 4.69) is 10.2 Å². The predicted molar refractivity (Wildman–Crippen MR) is 37.5 cm³/mol. The molecule has 0 aliphatic rings. The van der Waals surface area contributed by atoms with Crippen LogP contribution in [0.25, 0.3) is 0 Å². The fourth-order valence-corrected chi connectivity index (χ4v) is 0.498. The summed E-state index contributed by atoms with van der Waals surface area (Å²) >= 11 is 0. The van der Waals surface area contributed by atoms with Crippen molar-refractivity contribution in [2.24, 2.45) is 0 Å². The molecule has 0 aromatic carbocycles. The van der Waals surface area contributed by atoms with Crippen LogP contribution in [0.1, 0.15) is 6.92 Å². The maximum atomic E-state index is 8.99. The highest BCUT2D eigenvalue weighted by Gasteiger charge is 2.01. The van der Waals surface area contributed by atoms with Crippen LogP contribution in [0.5, 0.6) is 0 Å². The maximum absolute atomic E-state index is 8.99. The van der Waals surface area contributed by atoms with Crippen molar-refractivity contribution in [1.29, 1.82) is 0 Å². The van der Waals surface area contributed by atoms with Crippen molar-refractivity contribution in [3.8, 4) is 0 Å². The zero-order valence-corrected chi connectivity index (χ0v) is 6.46. The summed E-state index contributed by atoms with van der Waals surface area (Å²) in [4.78, 5) is 4.82. The third-order valence-electron chi connectivity index (χ3n) is 0.881. The van der Waals surface area contributed by atoms with Crippen molar-refractivity contribution >= 4 is 0 Å². The molecular formula is C6H15NO3. The number of ether oxygens (including phenoxy) is 1. The summed E-state index contributed by atoms with van der Waals surface area (Å²) in [6.45, 7) is 3.23. The second-order valence-electron chi connectivity index (χ2n) is 1.92. The highest BCUT2D eigenvalue weighted by atomic mass is 16.6. The Hall–Kier alpha value is -0.160. The van der Waals surface area contributed by atoms with Gasteiger partial charge in [-0.1, -0.05) is 6.92 Å². The second kappa shape index (κ2) is 6.95. The molecule has 4 nitrogen and oxygen atoms in total. The molecule has 1 unspecified atom stereocenters. The van der Waals surface area contributed by atoms with E-state index in [0.29, 0.717) is 6.61 Å². The van der Waals surface area contributed by atoms with Crippen molar-refractivity contribution in [3.63, 3.8) is 0 Å². The number of aliphatic hydroxyl groups is 1. The second-order valence-corrected chi connectivity index (χ2v) is 1.92. The van der Waals surface area contributed by atoms with Crippen molar-refractivity contribution in [2.45, 2.75) is 13.0 Å². The van der Waals surface area contributed by atoms with Crippen molar-refractivity contribution in [3.05, 3.63) is 0 Å². The topological polar surface area (TPSA) is 50.7 Å². The third-order valence-corrected chi connectivity index (χ3v) is 0.881. The van der Waals surface area contributed by atoms with Gasteiger partial charge in [-0.05, 0) is 0 Å². The van der Waals surface area contributed by atoms with Gasteiger partial charge in [-0.15, -0.1) is 0 Å². The summed E-state index contributed by atoms with van der Waals surface area (Å²) in [7, 11) is 1.54. The lowest BCUT2D eigenvalue weighted by molar-refractivity contribution is -0.0423. The Balaban J connectivity index is 2.97. The summed E-state index contributed by atoms with van der Waals surface area (Å²) in [6.07, 6.45) is -0.538. The first kappa shape index (κ1) is 9.84. The van der Waals surface area contributed by atoms with Gasteiger partial charge in [0.1, 0.15) is 6.10 Å². The molecule has 4 heteroatoms. The van der Waals surface area contributed by atoms with Gasteiger partial charge in [-0.3, -0.25) is 4.84 Å². The van der Waals surface area contributed by atoms with E-state index in [1.165, 1.54) is 7.11 Å². The number of methoxy groups -OCH3 is 1. The van der Waals surface area contributed by atoms with Crippen molar-refractivity contribution < 1.29 is 14.7 Å². The van der Waals surface area contributed by atoms with E-state index in [1.807, 2.05) is 6.92 Å². The number of hydrogen-bond donors (Lipinski definition) is 2. The molecule has 1 atom stereocenters. The molecule has 0 fully saturated rings. The Kier molecular flexibility index (Phi) is 6.84. The van der Waals surface area contributed by atoms with Gasteiger partial charge in [-0.2, -0.15) is 0 Å². The first-order valence-corrected chi connectivity index (χ1v) is 3.33. The number of hydroxylamine groups is 1. The lowest BCUT2D eigenvalue weighted by Crippen LogP contribution is -2.26. The van der Waals surface area contributed by atoms with E-state index in [0.717, 1.165) is 6.54 Å². The molecule has 0 heterocycles. The average molecular weight is 149 g/mol. The van der Waals surface area contributed by atoms with Gasteiger partial charge in [0, 0.05) is 13.7 Å². The fraction of sp³-hybridized carbons (Fsp3) is 1.00. The van der Waals surface area contributed by atoms with Gasteiger partial charge in [0.25, 0.3) is 0 Å². The minimum absolute atomic E-state index is 0.266. The summed E-state index contributed by atoms with van der Waals surface area (Å²) in [6, 6.07) is 0. The molecule has 0 aliphatic carbocycles. The third kappa shape index (κ3) is 5.97. The Bertz CT molecular complexity index is 70.0. The smallest absolute Gasteiger partial charge is 0.103 e. The Morgan fingerprint density at radius 3 is 2.70 bits per heavy atom. The molecule has 0 aliphatic heterocycles. The molecule has 62 valence electrons. The quantitative estimate of drug-likeness (QED) is 0.396. The molecule has 10 heavy (non-hydrogen) atoms. The van der Waals surface area contributed by atoms with Gasteiger partial charge in [0.2, 0.25) is 0 Å². The number of aliphatic hydroxyl groups excluding tert-OH is 1. The van der Waals surface area contributed by atoms with Gasteiger partial charge >= 0.3 is 0 Å². The van der Waals surface area contributed by atoms with E-state index < -0.39 is 6.10 Å². The summed E-state index contributed by atoms with van der Waals surface area (Å²) in [5.41, 5.74) is 2.62. The summed E-state index contributed by atoms with van der Waals surface area (Å²) in [5.74, 6) is 0.